The average molecular weight is 427 g/mol. The van der Waals surface area contributed by atoms with Crippen LogP contribution in [0.1, 0.15) is 13.3 Å². The molecular formula is C20H19ClN6OS. The fraction of sp³-hybridized carbons (Fsp3) is 0.250. The van der Waals surface area contributed by atoms with Crippen LogP contribution in [0, 0.1) is 0 Å². The maximum Gasteiger partial charge on any atom is 0.197 e. The molecule has 3 heterocycles. The Bertz CT molecular complexity index is 1100. The molecule has 9 heteroatoms. The van der Waals surface area contributed by atoms with Crippen molar-refractivity contribution in [2.45, 2.75) is 30.1 Å². The minimum Gasteiger partial charge on any atom is -0.382 e. The molecule has 0 saturated carbocycles. The molecular weight excluding hydrogens is 408 g/mol. The van der Waals surface area contributed by atoms with Crippen LogP contribution in [0.5, 0.6) is 0 Å². The molecule has 1 aromatic carbocycles. The molecule has 4 rings (SSSR count). The van der Waals surface area contributed by atoms with Gasteiger partial charge in [-0.05, 0) is 55.4 Å². The van der Waals surface area contributed by atoms with Crippen molar-refractivity contribution >= 4 is 34.3 Å². The van der Waals surface area contributed by atoms with Crippen LogP contribution in [-0.2, 0) is 11.3 Å². The molecule has 3 aromatic heterocycles. The van der Waals surface area contributed by atoms with E-state index in [0.29, 0.717) is 18.2 Å². The second kappa shape index (κ2) is 9.30. The minimum absolute atomic E-state index is 0.645. The smallest absolute Gasteiger partial charge is 0.197 e. The molecule has 0 spiro atoms. The zero-order valence-electron chi connectivity index (χ0n) is 15.8. The second-order valence-electron chi connectivity index (χ2n) is 6.19. The van der Waals surface area contributed by atoms with Gasteiger partial charge >= 0.3 is 0 Å². The summed E-state index contributed by atoms with van der Waals surface area (Å²) in [6, 6.07) is 9.46. The molecule has 0 unspecified atom stereocenters. The Kier molecular flexibility index (Phi) is 6.33. The maximum absolute atomic E-state index is 6.10. The van der Waals surface area contributed by atoms with Crippen molar-refractivity contribution in [1.82, 2.24) is 29.7 Å². The molecule has 0 fully saturated rings. The summed E-state index contributed by atoms with van der Waals surface area (Å²) in [4.78, 5) is 12.9. The molecule has 148 valence electrons. The molecule has 4 aromatic rings. The highest BCUT2D eigenvalue weighted by atomic mass is 35.5. The first-order valence-corrected chi connectivity index (χ1v) is 10.4. The lowest BCUT2D eigenvalue weighted by Crippen LogP contribution is -2.06. The number of halogens is 1. The van der Waals surface area contributed by atoms with E-state index in [1.54, 1.807) is 18.7 Å². The Hall–Kier alpha value is -2.55. The van der Waals surface area contributed by atoms with E-state index in [9.17, 15) is 0 Å². The summed E-state index contributed by atoms with van der Waals surface area (Å²) >= 11 is 7.57. The van der Waals surface area contributed by atoms with E-state index in [-0.39, 0.29) is 0 Å². The first kappa shape index (κ1) is 19.8. The van der Waals surface area contributed by atoms with Gasteiger partial charge in [0.1, 0.15) is 11.4 Å². The molecule has 29 heavy (non-hydrogen) atoms. The first-order chi connectivity index (χ1) is 14.3. The van der Waals surface area contributed by atoms with Crippen LogP contribution in [0.2, 0.25) is 5.02 Å². The third-order valence-corrected chi connectivity index (χ3v) is 5.52. The third kappa shape index (κ3) is 4.55. The van der Waals surface area contributed by atoms with Crippen molar-refractivity contribution in [3.05, 3.63) is 54.1 Å². The number of rotatable bonds is 8. The Labute approximate surface area is 177 Å². The van der Waals surface area contributed by atoms with E-state index in [1.165, 1.54) is 11.8 Å². The van der Waals surface area contributed by atoms with E-state index >= 15 is 0 Å². The van der Waals surface area contributed by atoms with Crippen LogP contribution in [0.4, 0.5) is 0 Å². The predicted molar refractivity (Wildman–Crippen MR) is 113 cm³/mol. The van der Waals surface area contributed by atoms with Crippen LogP contribution in [0.3, 0.4) is 0 Å². The highest BCUT2D eigenvalue weighted by Crippen LogP contribution is 2.33. The average Bonchev–Trinajstić information content (AvgIpc) is 3.14. The van der Waals surface area contributed by atoms with E-state index < -0.39 is 0 Å². The second-order valence-corrected chi connectivity index (χ2v) is 7.58. The normalized spacial score (nSPS) is 11.2. The van der Waals surface area contributed by atoms with Gasteiger partial charge in [-0.15, -0.1) is 10.2 Å². The topological polar surface area (TPSA) is 78.6 Å². The molecule has 0 N–H and O–H groups in total. The van der Waals surface area contributed by atoms with Crippen LogP contribution < -0.4 is 0 Å². The van der Waals surface area contributed by atoms with Gasteiger partial charge in [0, 0.05) is 48.1 Å². The van der Waals surface area contributed by atoms with Crippen molar-refractivity contribution in [3.8, 4) is 11.4 Å². The highest BCUT2D eigenvalue weighted by Gasteiger charge is 2.17. The summed E-state index contributed by atoms with van der Waals surface area (Å²) in [5.41, 5.74) is 1.77. The number of pyridine rings is 1. The van der Waals surface area contributed by atoms with Crippen molar-refractivity contribution < 1.29 is 4.74 Å². The van der Waals surface area contributed by atoms with Crippen LogP contribution >= 0.6 is 23.4 Å². The Balaban J connectivity index is 1.69. The van der Waals surface area contributed by atoms with Gasteiger partial charge in [-0.1, -0.05) is 11.6 Å². The molecule has 0 saturated heterocycles. The molecule has 0 aliphatic carbocycles. The predicted octanol–water partition coefficient (Wildman–Crippen LogP) is 4.51. The van der Waals surface area contributed by atoms with E-state index in [0.717, 1.165) is 45.4 Å². The molecule has 0 atom stereocenters. The minimum atomic E-state index is 0.645. The number of hydrogen-bond acceptors (Lipinski definition) is 7. The SMILES string of the molecule is CCOCCCn1c(Sc2ncnc3cc(Cl)ccc23)nnc1-c1ccncc1. The highest BCUT2D eigenvalue weighted by molar-refractivity contribution is 7.99. The summed E-state index contributed by atoms with van der Waals surface area (Å²) in [6.07, 6.45) is 5.91. The van der Waals surface area contributed by atoms with Gasteiger partial charge in [-0.3, -0.25) is 4.98 Å². The Morgan fingerprint density at radius 3 is 2.79 bits per heavy atom. The van der Waals surface area contributed by atoms with Gasteiger partial charge in [-0.2, -0.15) is 0 Å². The quantitative estimate of drug-likeness (QED) is 0.303. The fourth-order valence-electron chi connectivity index (χ4n) is 2.92. The van der Waals surface area contributed by atoms with Crippen molar-refractivity contribution in [1.29, 1.82) is 0 Å². The van der Waals surface area contributed by atoms with Gasteiger partial charge in [0.25, 0.3) is 0 Å². The summed E-state index contributed by atoms with van der Waals surface area (Å²) in [7, 11) is 0. The van der Waals surface area contributed by atoms with Crippen LogP contribution in [0.15, 0.2) is 59.2 Å². The maximum atomic E-state index is 6.10. The number of fused-ring (bicyclic) bond motifs is 1. The first-order valence-electron chi connectivity index (χ1n) is 9.25. The largest absolute Gasteiger partial charge is 0.382 e. The Morgan fingerprint density at radius 2 is 1.97 bits per heavy atom. The van der Waals surface area contributed by atoms with Crippen LogP contribution in [-0.4, -0.2) is 42.9 Å². The lowest BCUT2D eigenvalue weighted by molar-refractivity contribution is 0.141. The zero-order chi connectivity index (χ0) is 20.1. The lowest BCUT2D eigenvalue weighted by Gasteiger charge is -2.11. The number of hydrogen-bond donors (Lipinski definition) is 0. The van der Waals surface area contributed by atoms with Crippen LogP contribution in [0.25, 0.3) is 22.3 Å². The molecule has 0 aliphatic heterocycles. The molecule has 0 amide bonds. The lowest BCUT2D eigenvalue weighted by atomic mass is 10.2. The van der Waals surface area contributed by atoms with Gasteiger partial charge in [0.2, 0.25) is 0 Å². The summed E-state index contributed by atoms with van der Waals surface area (Å²) in [5, 5.41) is 12.0. The monoisotopic (exact) mass is 426 g/mol. The molecule has 0 radical (unpaired) electrons. The summed E-state index contributed by atoms with van der Waals surface area (Å²) < 4.78 is 7.60. The van der Waals surface area contributed by atoms with Gasteiger partial charge < -0.3 is 9.30 Å². The summed E-state index contributed by atoms with van der Waals surface area (Å²) in [6.45, 7) is 4.12. The number of aromatic nitrogens is 6. The van der Waals surface area contributed by atoms with E-state index in [1.807, 2.05) is 37.3 Å². The number of benzene rings is 1. The molecule has 7 nitrogen and oxygen atoms in total. The van der Waals surface area contributed by atoms with E-state index in [2.05, 4.69) is 29.7 Å². The van der Waals surface area contributed by atoms with Gasteiger partial charge in [0.15, 0.2) is 11.0 Å². The van der Waals surface area contributed by atoms with Crippen molar-refractivity contribution in [2.24, 2.45) is 0 Å². The standard InChI is InChI=1S/C20H19ClN6OS/c1-2-28-11-3-10-27-18(14-6-8-22-9-7-14)25-26-20(27)29-19-16-5-4-15(21)12-17(16)23-13-24-19/h4-9,12-13H,2-3,10-11H2,1H3. The number of nitrogens with zero attached hydrogens (tertiary/aromatic N) is 6. The Morgan fingerprint density at radius 1 is 1.10 bits per heavy atom. The molecule has 0 bridgehead atoms. The van der Waals surface area contributed by atoms with E-state index in [4.69, 9.17) is 16.3 Å². The molecule has 0 aliphatic rings. The van der Waals surface area contributed by atoms with Gasteiger partial charge in [0.05, 0.1) is 5.52 Å². The van der Waals surface area contributed by atoms with Gasteiger partial charge in [-0.25, -0.2) is 9.97 Å². The fourth-order valence-corrected chi connectivity index (χ4v) is 4.01. The third-order valence-electron chi connectivity index (χ3n) is 4.28. The van der Waals surface area contributed by atoms with Crippen molar-refractivity contribution in [3.63, 3.8) is 0 Å². The summed E-state index contributed by atoms with van der Waals surface area (Å²) in [5.74, 6) is 0.799. The number of ether oxygens (including phenoxy) is 1. The zero-order valence-corrected chi connectivity index (χ0v) is 17.4. The van der Waals surface area contributed by atoms with Crippen molar-refractivity contribution in [2.75, 3.05) is 13.2 Å².